The average Bonchev–Trinajstić information content (AvgIpc) is 2.41. The second-order valence-corrected chi connectivity index (χ2v) is 6.45. The van der Waals surface area contributed by atoms with Crippen LogP contribution in [0.25, 0.3) is 0 Å². The maximum absolute atomic E-state index is 12.6. The summed E-state index contributed by atoms with van der Waals surface area (Å²) in [5, 5.41) is 14.6. The van der Waals surface area contributed by atoms with E-state index in [-0.39, 0.29) is 12.0 Å². The van der Waals surface area contributed by atoms with Gasteiger partial charge in [-0.3, -0.25) is 0 Å². The number of aliphatic hydroxyl groups excluding tert-OH is 1. The van der Waals surface area contributed by atoms with Crippen molar-refractivity contribution in [1.29, 1.82) is 0 Å². The second-order valence-electron chi connectivity index (χ2n) is 6.45. The van der Waals surface area contributed by atoms with Gasteiger partial charge in [0.05, 0.1) is 11.7 Å². The van der Waals surface area contributed by atoms with Gasteiger partial charge < -0.3 is 15.7 Å². The highest BCUT2D eigenvalue weighted by atomic mass is 19.4. The molecule has 0 saturated heterocycles. The predicted molar refractivity (Wildman–Crippen MR) is 81.8 cm³/mol. The number of amides is 2. The second kappa shape index (κ2) is 7.68. The number of alkyl halides is 3. The highest BCUT2D eigenvalue weighted by Crippen LogP contribution is 2.29. The van der Waals surface area contributed by atoms with E-state index in [2.05, 4.69) is 10.6 Å². The first-order valence-electron chi connectivity index (χ1n) is 7.35. The number of rotatable bonds is 6. The Morgan fingerprint density at radius 2 is 1.91 bits per heavy atom. The van der Waals surface area contributed by atoms with Crippen LogP contribution in [0.15, 0.2) is 24.3 Å². The van der Waals surface area contributed by atoms with Crippen molar-refractivity contribution in [1.82, 2.24) is 10.6 Å². The molecule has 0 aliphatic rings. The van der Waals surface area contributed by atoms with Gasteiger partial charge in [-0.15, -0.1) is 0 Å². The van der Waals surface area contributed by atoms with Crippen LogP contribution in [0, 0.1) is 5.41 Å². The fraction of sp³-hybridized carbons (Fsp3) is 0.562. The third kappa shape index (κ3) is 7.36. The molecule has 130 valence electrons. The number of halogens is 3. The fourth-order valence-electron chi connectivity index (χ4n) is 2.29. The van der Waals surface area contributed by atoms with Gasteiger partial charge in [-0.05, 0) is 36.5 Å². The first-order valence-corrected chi connectivity index (χ1v) is 7.35. The molecule has 0 aliphatic carbocycles. The van der Waals surface area contributed by atoms with Crippen LogP contribution in [0.4, 0.5) is 18.0 Å². The minimum absolute atomic E-state index is 0.00653. The maximum Gasteiger partial charge on any atom is 0.416 e. The summed E-state index contributed by atoms with van der Waals surface area (Å²) < 4.78 is 37.8. The Kier molecular flexibility index (Phi) is 6.44. The van der Waals surface area contributed by atoms with E-state index in [4.69, 9.17) is 0 Å². The number of carbonyl (C=O) groups excluding carboxylic acids is 1. The summed E-state index contributed by atoms with van der Waals surface area (Å²) in [7, 11) is 0. The molecule has 0 heterocycles. The quantitative estimate of drug-likeness (QED) is 0.748. The normalized spacial score (nSPS) is 13.5. The van der Waals surface area contributed by atoms with E-state index in [9.17, 15) is 23.1 Å². The van der Waals surface area contributed by atoms with Crippen molar-refractivity contribution >= 4 is 6.03 Å². The van der Waals surface area contributed by atoms with Crippen molar-refractivity contribution in [3.05, 3.63) is 35.4 Å². The number of hydrogen-bond donors (Lipinski definition) is 3. The molecule has 1 aromatic rings. The van der Waals surface area contributed by atoms with Crippen LogP contribution >= 0.6 is 0 Å². The summed E-state index contributed by atoms with van der Waals surface area (Å²) in [5.74, 6) is 0. The molecular weight excluding hydrogens is 309 g/mol. The highest BCUT2D eigenvalue weighted by Gasteiger charge is 2.30. The van der Waals surface area contributed by atoms with Crippen molar-refractivity contribution in [3.8, 4) is 0 Å². The lowest BCUT2D eigenvalue weighted by Crippen LogP contribution is -2.41. The topological polar surface area (TPSA) is 61.4 Å². The number of nitrogens with one attached hydrogen (secondary N) is 2. The van der Waals surface area contributed by atoms with Gasteiger partial charge in [0, 0.05) is 13.1 Å². The third-order valence-electron chi connectivity index (χ3n) is 3.28. The molecule has 3 N–H and O–H groups in total. The van der Waals surface area contributed by atoms with Gasteiger partial charge in [-0.1, -0.05) is 26.0 Å². The summed E-state index contributed by atoms with van der Waals surface area (Å²) in [6.07, 6.45) is -4.34. The average molecular weight is 332 g/mol. The molecule has 23 heavy (non-hydrogen) atoms. The van der Waals surface area contributed by atoms with Gasteiger partial charge in [-0.2, -0.15) is 13.2 Å². The first kappa shape index (κ1) is 19.3. The van der Waals surface area contributed by atoms with E-state index in [0.717, 1.165) is 12.1 Å². The molecule has 7 heteroatoms. The largest absolute Gasteiger partial charge is 0.416 e. The predicted octanol–water partition coefficient (Wildman–Crippen LogP) is 3.30. The summed E-state index contributed by atoms with van der Waals surface area (Å²) in [5.41, 5.74) is -0.643. The molecule has 4 nitrogen and oxygen atoms in total. The lowest BCUT2D eigenvalue weighted by atomic mass is 9.87. The molecule has 1 rings (SSSR count). The summed E-state index contributed by atoms with van der Waals surface area (Å²) in [4.78, 5) is 11.7. The number of benzene rings is 1. The molecule has 1 atom stereocenters. The van der Waals surface area contributed by atoms with E-state index < -0.39 is 23.9 Å². The van der Waals surface area contributed by atoms with Crippen LogP contribution in [0.3, 0.4) is 0 Å². The zero-order valence-corrected chi connectivity index (χ0v) is 13.5. The molecule has 1 aromatic carbocycles. The SMILES string of the molecule is CC(O)CC(C)(C)CNC(=O)NCc1cccc(C(F)(F)F)c1. The van der Waals surface area contributed by atoms with Gasteiger partial charge in [0.2, 0.25) is 0 Å². The Morgan fingerprint density at radius 3 is 2.48 bits per heavy atom. The Balaban J connectivity index is 2.48. The Hall–Kier alpha value is -1.76. The van der Waals surface area contributed by atoms with Gasteiger partial charge >= 0.3 is 12.2 Å². The Bertz CT molecular complexity index is 528. The summed E-state index contributed by atoms with van der Waals surface area (Å²) in [6.45, 7) is 5.86. The molecule has 0 spiro atoms. The van der Waals surface area contributed by atoms with Gasteiger partial charge in [-0.25, -0.2) is 4.79 Å². The number of carbonyl (C=O) groups is 1. The third-order valence-corrected chi connectivity index (χ3v) is 3.28. The van der Waals surface area contributed by atoms with Crippen LogP contribution in [0.2, 0.25) is 0 Å². The molecule has 1 unspecified atom stereocenters. The van der Waals surface area contributed by atoms with Crippen LogP contribution in [-0.2, 0) is 12.7 Å². The molecular formula is C16H23F3N2O2. The van der Waals surface area contributed by atoms with Crippen LogP contribution in [0.1, 0.15) is 38.3 Å². The van der Waals surface area contributed by atoms with E-state index in [1.165, 1.54) is 12.1 Å². The summed E-state index contributed by atoms with van der Waals surface area (Å²) >= 11 is 0. The standard InChI is InChI=1S/C16H23F3N2O2/c1-11(22)8-15(2,3)10-21-14(23)20-9-12-5-4-6-13(7-12)16(17,18)19/h4-7,11,22H,8-10H2,1-3H3,(H2,20,21,23). The van der Waals surface area contributed by atoms with Crippen molar-refractivity contribution in [2.75, 3.05) is 6.54 Å². The van der Waals surface area contributed by atoms with Crippen molar-refractivity contribution < 1.29 is 23.1 Å². The van der Waals surface area contributed by atoms with Crippen molar-refractivity contribution in [2.45, 2.75) is 46.0 Å². The van der Waals surface area contributed by atoms with Gasteiger partial charge in [0.15, 0.2) is 0 Å². The van der Waals surface area contributed by atoms with E-state index in [1.807, 2.05) is 13.8 Å². The monoisotopic (exact) mass is 332 g/mol. The molecule has 0 aliphatic heterocycles. The molecule has 0 fully saturated rings. The van der Waals surface area contributed by atoms with Crippen LogP contribution in [0.5, 0.6) is 0 Å². The molecule has 0 bridgehead atoms. The Labute approximate surface area is 134 Å². The zero-order chi connectivity index (χ0) is 17.7. The van der Waals surface area contributed by atoms with E-state index >= 15 is 0 Å². The number of urea groups is 1. The van der Waals surface area contributed by atoms with Crippen LogP contribution < -0.4 is 10.6 Å². The maximum atomic E-state index is 12.6. The smallest absolute Gasteiger partial charge is 0.393 e. The van der Waals surface area contributed by atoms with E-state index in [0.29, 0.717) is 18.5 Å². The van der Waals surface area contributed by atoms with Gasteiger partial charge in [0.25, 0.3) is 0 Å². The lowest BCUT2D eigenvalue weighted by molar-refractivity contribution is -0.137. The summed E-state index contributed by atoms with van der Waals surface area (Å²) in [6, 6.07) is 4.37. The number of hydrogen-bond acceptors (Lipinski definition) is 2. The van der Waals surface area contributed by atoms with Crippen LogP contribution in [-0.4, -0.2) is 23.8 Å². The highest BCUT2D eigenvalue weighted by molar-refractivity contribution is 5.73. The lowest BCUT2D eigenvalue weighted by Gasteiger charge is -2.26. The number of aliphatic hydroxyl groups is 1. The first-order chi connectivity index (χ1) is 10.5. The molecule has 0 radical (unpaired) electrons. The molecule has 0 aromatic heterocycles. The molecule has 0 saturated carbocycles. The minimum atomic E-state index is -4.40. The zero-order valence-electron chi connectivity index (χ0n) is 13.5. The van der Waals surface area contributed by atoms with E-state index in [1.54, 1.807) is 6.92 Å². The molecule has 2 amide bonds. The Morgan fingerprint density at radius 1 is 1.26 bits per heavy atom. The van der Waals surface area contributed by atoms with Crippen molar-refractivity contribution in [2.24, 2.45) is 5.41 Å². The van der Waals surface area contributed by atoms with Gasteiger partial charge in [0.1, 0.15) is 0 Å². The fourth-order valence-corrected chi connectivity index (χ4v) is 2.29. The van der Waals surface area contributed by atoms with Crippen molar-refractivity contribution in [3.63, 3.8) is 0 Å². The minimum Gasteiger partial charge on any atom is -0.393 e.